The summed E-state index contributed by atoms with van der Waals surface area (Å²) < 4.78 is 0. The first kappa shape index (κ1) is 18.4. The lowest BCUT2D eigenvalue weighted by atomic mass is 10.2. The quantitative estimate of drug-likeness (QED) is 0.594. The van der Waals surface area contributed by atoms with Crippen molar-refractivity contribution in [3.05, 3.63) is 0 Å². The average Bonchev–Trinajstić information content (AvgIpc) is 2.33. The summed E-state index contributed by atoms with van der Waals surface area (Å²) in [6, 6.07) is 0. The minimum absolute atomic E-state index is 0.253. The number of amides is 1. The van der Waals surface area contributed by atoms with Crippen LogP contribution in [0.15, 0.2) is 0 Å². The first-order valence-corrected chi connectivity index (χ1v) is 7.24. The van der Waals surface area contributed by atoms with Gasteiger partial charge in [-0.1, -0.05) is 0 Å². The van der Waals surface area contributed by atoms with Crippen LogP contribution in [-0.4, -0.2) is 81.5 Å². The molecule has 0 aliphatic heterocycles. The van der Waals surface area contributed by atoms with Crippen molar-refractivity contribution in [3.63, 3.8) is 0 Å². The van der Waals surface area contributed by atoms with E-state index in [2.05, 4.69) is 38.0 Å². The van der Waals surface area contributed by atoms with Crippen LogP contribution in [0.25, 0.3) is 0 Å². The maximum atomic E-state index is 12.1. The van der Waals surface area contributed by atoms with E-state index >= 15 is 0 Å². The highest BCUT2D eigenvalue weighted by Gasteiger charge is 2.12. The molecule has 0 unspecified atom stereocenters. The molecule has 0 aromatic rings. The van der Waals surface area contributed by atoms with E-state index in [1.165, 1.54) is 0 Å². The number of hydrogen-bond donors (Lipinski definition) is 1. The molecule has 19 heavy (non-hydrogen) atoms. The minimum atomic E-state index is 0.253. The van der Waals surface area contributed by atoms with Gasteiger partial charge < -0.3 is 20.4 Å². The van der Waals surface area contributed by atoms with Gasteiger partial charge in [-0.3, -0.25) is 4.79 Å². The van der Waals surface area contributed by atoms with E-state index in [0.29, 0.717) is 13.0 Å². The molecule has 0 fully saturated rings. The Bertz CT molecular complexity index is 217. The van der Waals surface area contributed by atoms with E-state index in [1.54, 1.807) is 0 Å². The zero-order valence-electron chi connectivity index (χ0n) is 13.2. The van der Waals surface area contributed by atoms with Crippen molar-refractivity contribution in [1.82, 2.24) is 14.7 Å². The third kappa shape index (κ3) is 10.9. The third-order valence-corrected chi connectivity index (χ3v) is 3.01. The lowest BCUT2D eigenvalue weighted by molar-refractivity contribution is -0.131. The van der Waals surface area contributed by atoms with Crippen molar-refractivity contribution >= 4 is 5.91 Å². The Hall–Kier alpha value is -0.650. The van der Waals surface area contributed by atoms with Crippen LogP contribution in [0.5, 0.6) is 0 Å². The van der Waals surface area contributed by atoms with Crippen LogP contribution in [0.4, 0.5) is 0 Å². The molecule has 5 heteroatoms. The third-order valence-electron chi connectivity index (χ3n) is 3.01. The van der Waals surface area contributed by atoms with Crippen LogP contribution in [0.1, 0.15) is 25.7 Å². The van der Waals surface area contributed by atoms with Gasteiger partial charge in [-0.25, -0.2) is 0 Å². The van der Waals surface area contributed by atoms with Crippen molar-refractivity contribution in [3.8, 4) is 0 Å². The summed E-state index contributed by atoms with van der Waals surface area (Å²) in [7, 11) is 8.25. The summed E-state index contributed by atoms with van der Waals surface area (Å²) in [6.45, 7) is 4.35. The van der Waals surface area contributed by atoms with Crippen LogP contribution in [0.3, 0.4) is 0 Å². The molecule has 0 rings (SSSR count). The van der Waals surface area contributed by atoms with Gasteiger partial charge in [0.05, 0.1) is 0 Å². The second-order valence-electron chi connectivity index (χ2n) is 5.59. The van der Waals surface area contributed by atoms with E-state index in [-0.39, 0.29) is 5.91 Å². The smallest absolute Gasteiger partial charge is 0.222 e. The summed E-state index contributed by atoms with van der Waals surface area (Å²) in [6.07, 6.45) is 3.43. The molecular formula is C14H32N4O. The molecule has 5 nitrogen and oxygen atoms in total. The summed E-state index contributed by atoms with van der Waals surface area (Å²) in [5.41, 5.74) is 5.47. The predicted octanol–water partition coefficient (Wildman–Crippen LogP) is 0.457. The Morgan fingerprint density at radius 3 is 1.68 bits per heavy atom. The predicted molar refractivity (Wildman–Crippen MR) is 81.2 cm³/mol. The summed E-state index contributed by atoms with van der Waals surface area (Å²) in [5, 5.41) is 0. The van der Waals surface area contributed by atoms with E-state index < -0.39 is 0 Å². The molecule has 0 aliphatic rings. The van der Waals surface area contributed by atoms with Crippen molar-refractivity contribution < 1.29 is 4.79 Å². The monoisotopic (exact) mass is 272 g/mol. The molecular weight excluding hydrogens is 240 g/mol. The Labute approximate surface area is 118 Å². The molecule has 0 saturated heterocycles. The largest absolute Gasteiger partial charge is 0.343 e. The molecule has 0 spiro atoms. The average molecular weight is 272 g/mol. The normalized spacial score (nSPS) is 11.3. The van der Waals surface area contributed by atoms with Crippen LogP contribution < -0.4 is 5.73 Å². The van der Waals surface area contributed by atoms with Crippen LogP contribution in [0.2, 0.25) is 0 Å². The molecule has 0 radical (unpaired) electrons. The Morgan fingerprint density at radius 2 is 1.32 bits per heavy atom. The highest BCUT2D eigenvalue weighted by atomic mass is 16.2. The van der Waals surface area contributed by atoms with Crippen molar-refractivity contribution in [1.29, 1.82) is 0 Å². The first-order valence-electron chi connectivity index (χ1n) is 7.24. The van der Waals surface area contributed by atoms with Gasteiger partial charge in [0, 0.05) is 19.5 Å². The van der Waals surface area contributed by atoms with Crippen molar-refractivity contribution in [2.24, 2.45) is 5.73 Å². The number of carbonyl (C=O) groups excluding carboxylic acids is 1. The highest BCUT2D eigenvalue weighted by Crippen LogP contribution is 2.02. The van der Waals surface area contributed by atoms with Gasteiger partial charge in [-0.05, 0) is 67.1 Å². The van der Waals surface area contributed by atoms with Gasteiger partial charge in [-0.2, -0.15) is 0 Å². The lowest BCUT2D eigenvalue weighted by Crippen LogP contribution is -2.35. The van der Waals surface area contributed by atoms with Gasteiger partial charge in [0.25, 0.3) is 0 Å². The SMILES string of the molecule is CN(C)CCCN(CCCN(C)C)C(=O)CCCN. The van der Waals surface area contributed by atoms with E-state index in [4.69, 9.17) is 5.73 Å². The number of carbonyl (C=O) groups is 1. The molecule has 0 aromatic carbocycles. The van der Waals surface area contributed by atoms with E-state index in [9.17, 15) is 4.79 Å². The molecule has 0 heterocycles. The summed E-state index contributed by atoms with van der Waals surface area (Å²) in [4.78, 5) is 18.4. The Balaban J connectivity index is 4.09. The fourth-order valence-electron chi connectivity index (χ4n) is 1.93. The number of hydrogen-bond acceptors (Lipinski definition) is 4. The molecule has 0 aliphatic carbocycles. The second kappa shape index (κ2) is 11.2. The van der Waals surface area contributed by atoms with Gasteiger partial charge >= 0.3 is 0 Å². The molecule has 114 valence electrons. The van der Waals surface area contributed by atoms with Crippen molar-refractivity contribution in [2.75, 3.05) is 60.9 Å². The minimum Gasteiger partial charge on any atom is -0.343 e. The lowest BCUT2D eigenvalue weighted by Gasteiger charge is -2.24. The van der Waals surface area contributed by atoms with Gasteiger partial charge in [0.2, 0.25) is 5.91 Å². The van der Waals surface area contributed by atoms with Crippen molar-refractivity contribution in [2.45, 2.75) is 25.7 Å². The maximum absolute atomic E-state index is 12.1. The van der Waals surface area contributed by atoms with Gasteiger partial charge in [0.15, 0.2) is 0 Å². The topological polar surface area (TPSA) is 52.8 Å². The molecule has 2 N–H and O–H groups in total. The Morgan fingerprint density at radius 1 is 0.842 bits per heavy atom. The second-order valence-corrected chi connectivity index (χ2v) is 5.59. The fourth-order valence-corrected chi connectivity index (χ4v) is 1.93. The molecule has 1 amide bonds. The molecule has 0 atom stereocenters. The number of nitrogens with two attached hydrogens (primary N) is 1. The summed E-state index contributed by atoms with van der Waals surface area (Å²) >= 11 is 0. The molecule has 0 bridgehead atoms. The van der Waals surface area contributed by atoms with E-state index in [1.807, 2.05) is 4.90 Å². The zero-order chi connectivity index (χ0) is 14.7. The molecule has 0 saturated carbocycles. The van der Waals surface area contributed by atoms with Crippen LogP contribution in [-0.2, 0) is 4.79 Å². The maximum Gasteiger partial charge on any atom is 0.222 e. The van der Waals surface area contributed by atoms with Crippen LogP contribution >= 0.6 is 0 Å². The van der Waals surface area contributed by atoms with Gasteiger partial charge in [0.1, 0.15) is 0 Å². The van der Waals surface area contributed by atoms with Crippen LogP contribution in [0, 0.1) is 0 Å². The summed E-state index contributed by atoms with van der Waals surface area (Å²) in [5.74, 6) is 0.253. The highest BCUT2D eigenvalue weighted by molar-refractivity contribution is 5.76. The standard InChI is InChI=1S/C14H32N4O/c1-16(2)10-6-12-18(13-7-11-17(3)4)14(19)8-5-9-15/h5-13,15H2,1-4H3. The van der Waals surface area contributed by atoms with Gasteiger partial charge in [-0.15, -0.1) is 0 Å². The molecule has 0 aromatic heterocycles. The fraction of sp³-hybridized carbons (Fsp3) is 0.929. The zero-order valence-corrected chi connectivity index (χ0v) is 13.2. The van der Waals surface area contributed by atoms with E-state index in [0.717, 1.165) is 45.4 Å². The number of nitrogens with zero attached hydrogens (tertiary/aromatic N) is 3. The first-order chi connectivity index (χ1) is 8.97. The Kier molecular flexibility index (Phi) is 10.8. The number of rotatable bonds is 11.